The molecule has 0 aliphatic heterocycles. The highest BCUT2D eigenvalue weighted by atomic mass is 32.1. The summed E-state index contributed by atoms with van der Waals surface area (Å²) in [6.07, 6.45) is 0. The maximum Gasteiger partial charge on any atom is 0.279 e. The third-order valence-electron chi connectivity index (χ3n) is 4.44. The number of benzene rings is 2. The van der Waals surface area contributed by atoms with Crippen molar-refractivity contribution >= 4 is 38.8 Å². The zero-order chi connectivity index (χ0) is 20.4. The molecule has 0 atom stereocenters. The Balaban J connectivity index is 1.54. The highest BCUT2D eigenvalue weighted by Crippen LogP contribution is 2.30. The van der Waals surface area contributed by atoms with Crippen LogP contribution in [0.25, 0.3) is 20.7 Å². The third kappa shape index (κ3) is 4.02. The number of nitrogens with zero attached hydrogens (tertiary/aromatic N) is 4. The van der Waals surface area contributed by atoms with Gasteiger partial charge in [0.15, 0.2) is 4.83 Å². The van der Waals surface area contributed by atoms with E-state index in [4.69, 9.17) is 0 Å². The first-order chi connectivity index (χ1) is 14.0. The minimum absolute atomic E-state index is 0.201. The molecule has 146 valence electrons. The summed E-state index contributed by atoms with van der Waals surface area (Å²) in [5.41, 5.74) is 2.37. The van der Waals surface area contributed by atoms with Crippen molar-refractivity contribution in [2.45, 2.75) is 6.54 Å². The van der Waals surface area contributed by atoms with E-state index in [2.05, 4.69) is 15.6 Å². The maximum absolute atomic E-state index is 12.8. The van der Waals surface area contributed by atoms with Crippen LogP contribution < -0.4 is 15.8 Å². The van der Waals surface area contributed by atoms with Crippen LogP contribution in [0.3, 0.4) is 0 Å². The molecule has 0 aliphatic carbocycles. The summed E-state index contributed by atoms with van der Waals surface area (Å²) < 4.78 is 1.09. The number of thiophene rings is 1. The number of hydrogen-bond donors (Lipinski definition) is 1. The quantitative estimate of drug-likeness (QED) is 0.551. The van der Waals surface area contributed by atoms with E-state index in [1.54, 1.807) is 6.07 Å². The highest BCUT2D eigenvalue weighted by Gasteiger charge is 2.13. The largest absolute Gasteiger partial charge is 0.378 e. The molecule has 0 bridgehead atoms. The Hall–Kier alpha value is -3.52. The molecule has 0 aliphatic rings. The molecule has 0 saturated carbocycles. The van der Waals surface area contributed by atoms with Gasteiger partial charge in [-0.2, -0.15) is 0 Å². The number of aromatic nitrogens is 3. The lowest BCUT2D eigenvalue weighted by Gasteiger charge is -2.13. The van der Waals surface area contributed by atoms with Crippen molar-refractivity contribution < 1.29 is 4.79 Å². The van der Waals surface area contributed by atoms with Gasteiger partial charge in [0.2, 0.25) is 5.91 Å². The van der Waals surface area contributed by atoms with Crippen LogP contribution in [0.5, 0.6) is 0 Å². The van der Waals surface area contributed by atoms with E-state index < -0.39 is 0 Å². The normalized spacial score (nSPS) is 10.8. The predicted molar refractivity (Wildman–Crippen MR) is 117 cm³/mol. The smallest absolute Gasteiger partial charge is 0.279 e. The number of nitrogens with one attached hydrogen (secondary N) is 1. The van der Waals surface area contributed by atoms with Crippen LogP contribution in [0.15, 0.2) is 65.5 Å². The van der Waals surface area contributed by atoms with Crippen molar-refractivity contribution in [3.63, 3.8) is 0 Å². The fourth-order valence-corrected chi connectivity index (χ4v) is 3.88. The number of carbonyl (C=O) groups excluding carboxylic acids is 1. The maximum atomic E-state index is 12.8. The average Bonchev–Trinajstić information content (AvgIpc) is 3.16. The van der Waals surface area contributed by atoms with Crippen LogP contribution in [0.1, 0.15) is 0 Å². The molecular weight excluding hydrogens is 386 g/mol. The number of anilines is 2. The topological polar surface area (TPSA) is 80.1 Å². The number of fused-ring (bicyclic) bond motifs is 1. The van der Waals surface area contributed by atoms with Crippen molar-refractivity contribution in [2.75, 3.05) is 24.3 Å². The summed E-state index contributed by atoms with van der Waals surface area (Å²) in [5.74, 6) is -0.336. The number of hydrogen-bond acceptors (Lipinski definition) is 6. The van der Waals surface area contributed by atoms with Gasteiger partial charge in [-0.15, -0.1) is 16.4 Å². The Morgan fingerprint density at radius 2 is 1.83 bits per heavy atom. The zero-order valence-electron chi connectivity index (χ0n) is 16.0. The van der Waals surface area contributed by atoms with Gasteiger partial charge in [-0.1, -0.05) is 35.5 Å². The summed E-state index contributed by atoms with van der Waals surface area (Å²) in [6, 6.07) is 19.0. The lowest BCUT2D eigenvalue weighted by Crippen LogP contribution is -2.30. The summed E-state index contributed by atoms with van der Waals surface area (Å²) in [6.45, 7) is -0.201. The fourth-order valence-electron chi connectivity index (χ4n) is 2.91. The number of rotatable bonds is 5. The molecule has 4 aromatic rings. The fraction of sp³-hybridized carbons (Fsp3) is 0.143. The zero-order valence-corrected chi connectivity index (χ0v) is 16.8. The van der Waals surface area contributed by atoms with Crippen LogP contribution in [-0.2, 0) is 11.3 Å². The summed E-state index contributed by atoms with van der Waals surface area (Å²) >= 11 is 1.41. The van der Waals surface area contributed by atoms with Crippen molar-refractivity contribution in [2.24, 2.45) is 0 Å². The van der Waals surface area contributed by atoms with Gasteiger partial charge in [0, 0.05) is 30.3 Å². The number of amides is 1. The van der Waals surface area contributed by atoms with Gasteiger partial charge in [0.1, 0.15) is 6.54 Å². The Bertz CT molecular complexity index is 1210. The Labute approximate surface area is 171 Å². The van der Waals surface area contributed by atoms with Crippen molar-refractivity contribution in [3.05, 3.63) is 71.0 Å². The Kier molecular flexibility index (Phi) is 5.09. The molecule has 0 saturated heterocycles. The minimum atomic E-state index is -0.336. The molecule has 0 radical (unpaired) electrons. The minimum Gasteiger partial charge on any atom is -0.378 e. The standard InChI is InChI=1S/C21H19N5O2S/c1-25(2)16-10-8-15(9-11-16)22-19(27)13-26-21(28)17-12-18(29-20(17)23-24-26)14-6-4-3-5-7-14/h3-12H,13H2,1-2H3,(H,22,27). The molecular formula is C21H19N5O2S. The van der Waals surface area contributed by atoms with Gasteiger partial charge in [-0.3, -0.25) is 9.59 Å². The lowest BCUT2D eigenvalue weighted by molar-refractivity contribution is -0.117. The molecule has 4 rings (SSSR count). The van der Waals surface area contributed by atoms with Crippen molar-refractivity contribution in [1.29, 1.82) is 0 Å². The highest BCUT2D eigenvalue weighted by molar-refractivity contribution is 7.21. The van der Waals surface area contributed by atoms with Gasteiger partial charge in [-0.05, 0) is 35.9 Å². The first kappa shape index (κ1) is 18.8. The van der Waals surface area contributed by atoms with Crippen LogP contribution in [0.2, 0.25) is 0 Å². The number of carbonyl (C=O) groups is 1. The monoisotopic (exact) mass is 405 g/mol. The molecule has 2 aromatic carbocycles. The second-order valence-electron chi connectivity index (χ2n) is 6.74. The first-order valence-corrected chi connectivity index (χ1v) is 9.83. The molecule has 2 heterocycles. The van der Waals surface area contributed by atoms with E-state index in [0.717, 1.165) is 20.8 Å². The molecule has 1 amide bonds. The Morgan fingerprint density at radius 3 is 2.52 bits per heavy atom. The summed E-state index contributed by atoms with van der Waals surface area (Å²) in [7, 11) is 3.89. The van der Waals surface area contributed by atoms with Crippen molar-refractivity contribution in [1.82, 2.24) is 15.0 Å². The van der Waals surface area contributed by atoms with Gasteiger partial charge in [-0.25, -0.2) is 4.68 Å². The molecule has 8 heteroatoms. The van der Waals surface area contributed by atoms with E-state index in [1.807, 2.05) is 73.6 Å². The van der Waals surface area contributed by atoms with Crippen LogP contribution in [0.4, 0.5) is 11.4 Å². The first-order valence-electron chi connectivity index (χ1n) is 9.01. The lowest BCUT2D eigenvalue weighted by atomic mass is 10.2. The Morgan fingerprint density at radius 1 is 1.10 bits per heavy atom. The average molecular weight is 405 g/mol. The van der Waals surface area contributed by atoms with Gasteiger partial charge < -0.3 is 10.2 Å². The molecule has 29 heavy (non-hydrogen) atoms. The summed E-state index contributed by atoms with van der Waals surface area (Å²) in [5, 5.41) is 11.3. The molecule has 0 fully saturated rings. The van der Waals surface area contributed by atoms with Crippen LogP contribution >= 0.6 is 11.3 Å². The third-order valence-corrected chi connectivity index (χ3v) is 5.51. The van der Waals surface area contributed by atoms with Gasteiger partial charge >= 0.3 is 0 Å². The second-order valence-corrected chi connectivity index (χ2v) is 7.77. The van der Waals surface area contributed by atoms with E-state index in [0.29, 0.717) is 15.9 Å². The van der Waals surface area contributed by atoms with E-state index in [-0.39, 0.29) is 18.0 Å². The molecule has 7 nitrogen and oxygen atoms in total. The molecule has 1 N–H and O–H groups in total. The molecule has 0 unspecified atom stereocenters. The van der Waals surface area contributed by atoms with Crippen molar-refractivity contribution in [3.8, 4) is 10.4 Å². The van der Waals surface area contributed by atoms with Crippen LogP contribution in [0, 0.1) is 0 Å². The van der Waals surface area contributed by atoms with E-state index in [1.165, 1.54) is 11.3 Å². The SMILES string of the molecule is CN(C)c1ccc(NC(=O)Cn2nnc3sc(-c4ccccc4)cc3c2=O)cc1. The molecule has 2 aromatic heterocycles. The second kappa shape index (κ2) is 7.84. The van der Waals surface area contributed by atoms with Gasteiger partial charge in [0.25, 0.3) is 5.56 Å². The molecule has 0 spiro atoms. The predicted octanol–water partition coefficient (Wildman–Crippen LogP) is 3.22. The van der Waals surface area contributed by atoms with Crippen LogP contribution in [-0.4, -0.2) is 35.0 Å². The van der Waals surface area contributed by atoms with E-state index >= 15 is 0 Å². The van der Waals surface area contributed by atoms with E-state index in [9.17, 15) is 9.59 Å². The summed E-state index contributed by atoms with van der Waals surface area (Å²) in [4.78, 5) is 28.6. The van der Waals surface area contributed by atoms with Gasteiger partial charge in [0.05, 0.1) is 5.39 Å².